The molecule has 3 N–H and O–H groups in total. The molecule has 0 radical (unpaired) electrons. The molecule has 1 aromatic carbocycles. The number of aromatic nitrogens is 2. The zero-order chi connectivity index (χ0) is 32.2. The van der Waals surface area contributed by atoms with Gasteiger partial charge in [0.05, 0.1) is 19.3 Å². The highest BCUT2D eigenvalue weighted by Gasteiger charge is 2.43. The fourth-order valence-electron chi connectivity index (χ4n) is 4.07. The third-order valence-electron chi connectivity index (χ3n) is 6.42. The van der Waals surface area contributed by atoms with Crippen molar-refractivity contribution in [1.82, 2.24) is 14.6 Å². The van der Waals surface area contributed by atoms with Gasteiger partial charge in [-0.1, -0.05) is 32.0 Å². The van der Waals surface area contributed by atoms with Gasteiger partial charge < -0.3 is 23.9 Å². The number of rotatable bonds is 14. The van der Waals surface area contributed by atoms with Gasteiger partial charge in [0, 0.05) is 18.5 Å². The van der Waals surface area contributed by atoms with Crippen molar-refractivity contribution in [3.63, 3.8) is 0 Å². The maximum Gasteiger partial charge on any atom is 0.459 e. The van der Waals surface area contributed by atoms with Crippen LogP contribution in [-0.4, -0.2) is 63.8 Å². The Bertz CT molecular complexity index is 1450. The van der Waals surface area contributed by atoms with Crippen LogP contribution in [-0.2, 0) is 34.3 Å². The highest BCUT2D eigenvalue weighted by atomic mass is 31.2. The number of para-hydroxylation sites is 1. The molecule has 238 valence electrons. The summed E-state index contributed by atoms with van der Waals surface area (Å²) in [6, 6.07) is 7.72. The molecule has 0 bridgehead atoms. The topological polar surface area (TPSA) is 175 Å². The number of nitrogens with one attached hydrogen (secondary N) is 2. The third-order valence-corrected chi connectivity index (χ3v) is 8.15. The van der Waals surface area contributed by atoms with E-state index >= 15 is 0 Å². The minimum Gasteiger partial charge on any atom is -0.413 e. The molecule has 13 nitrogen and oxygen atoms in total. The SMILES string of the molecule is CC(C)C(=O)[C@H](C)OC[C@](C)(C=O)N[P@](=O)(OC[C@H]1O[C@@H](n2cc(C(F)(F)F)c(=O)[nH]c2=O)C[C@@H]1O)Oc1ccccc1. The van der Waals surface area contributed by atoms with Gasteiger partial charge in [-0.3, -0.25) is 23.7 Å². The minimum atomic E-state index is -5.06. The third kappa shape index (κ3) is 8.94. The standard InChI is InChI=1S/C26H33F3N3O10P/c1-15(2)22(35)16(3)39-14-25(4,13-33)31-43(38,42-17-8-6-5-7-9-17)40-12-20-19(34)10-21(41-20)32-11-18(26(27,28)29)23(36)30-24(32)37/h5-9,11,13,15-16,19-21,34H,10,12,14H2,1-4H3,(H,31,38)(H,30,36,37)/t16-,19-,20+,21+,25-,43-/m0/s1. The number of ether oxygens (including phenoxy) is 2. The summed E-state index contributed by atoms with van der Waals surface area (Å²) in [7, 11) is -4.50. The zero-order valence-electron chi connectivity index (χ0n) is 23.7. The predicted molar refractivity (Wildman–Crippen MR) is 144 cm³/mol. The van der Waals surface area contributed by atoms with Crippen LogP contribution in [0.1, 0.15) is 45.9 Å². The van der Waals surface area contributed by atoms with Crippen molar-refractivity contribution < 1.29 is 51.0 Å². The zero-order valence-corrected chi connectivity index (χ0v) is 24.6. The van der Waals surface area contributed by atoms with Gasteiger partial charge in [0.2, 0.25) is 0 Å². The highest BCUT2D eigenvalue weighted by molar-refractivity contribution is 7.52. The molecular formula is C26H33F3N3O10P. The van der Waals surface area contributed by atoms with E-state index in [0.717, 1.165) is 0 Å². The average Bonchev–Trinajstić information content (AvgIpc) is 3.29. The number of hydrogen-bond acceptors (Lipinski definition) is 10. The average molecular weight is 636 g/mol. The first-order chi connectivity index (χ1) is 20.0. The van der Waals surface area contributed by atoms with Crippen LogP contribution >= 0.6 is 7.75 Å². The summed E-state index contributed by atoms with van der Waals surface area (Å²) in [5.41, 5.74) is -6.19. The molecule has 0 saturated carbocycles. The van der Waals surface area contributed by atoms with Crippen LogP contribution in [0.4, 0.5) is 13.2 Å². The maximum absolute atomic E-state index is 13.9. The number of carbonyl (C=O) groups excluding carboxylic acids is 2. The van der Waals surface area contributed by atoms with Gasteiger partial charge in [-0.05, 0) is 26.0 Å². The van der Waals surface area contributed by atoms with Gasteiger partial charge in [0.25, 0.3) is 5.56 Å². The van der Waals surface area contributed by atoms with E-state index in [1.165, 1.54) is 26.0 Å². The maximum atomic E-state index is 13.9. The molecule has 2 aromatic rings. The number of ketones is 1. The Morgan fingerprint density at radius 3 is 2.49 bits per heavy atom. The Morgan fingerprint density at radius 2 is 1.91 bits per heavy atom. The number of hydrogen-bond donors (Lipinski definition) is 3. The summed E-state index contributed by atoms with van der Waals surface area (Å²) in [6.45, 7) is 5.11. The molecule has 6 atom stereocenters. The minimum absolute atomic E-state index is 0.0705. The number of Topliss-reactive ketones (excluding diaryl/α,β-unsaturated/α-hetero) is 1. The molecule has 0 unspecified atom stereocenters. The Hall–Kier alpha value is -3.14. The van der Waals surface area contributed by atoms with E-state index in [9.17, 15) is 42.0 Å². The van der Waals surface area contributed by atoms with Crippen molar-refractivity contribution in [3.05, 3.63) is 62.9 Å². The molecule has 3 rings (SSSR count). The number of halogens is 3. The van der Waals surface area contributed by atoms with Gasteiger partial charge in [-0.2, -0.15) is 18.3 Å². The Labute approximate surface area is 243 Å². The molecule has 1 fully saturated rings. The Kier molecular flexibility index (Phi) is 10.9. The number of aliphatic hydroxyl groups excluding tert-OH is 1. The first-order valence-corrected chi connectivity index (χ1v) is 14.7. The predicted octanol–water partition coefficient (Wildman–Crippen LogP) is 2.58. The Morgan fingerprint density at radius 1 is 1.26 bits per heavy atom. The first-order valence-electron chi connectivity index (χ1n) is 13.1. The molecule has 0 amide bonds. The highest BCUT2D eigenvalue weighted by Crippen LogP contribution is 2.47. The molecular weight excluding hydrogens is 602 g/mol. The van der Waals surface area contributed by atoms with Crippen molar-refractivity contribution in [2.45, 2.75) is 70.4 Å². The van der Waals surface area contributed by atoms with E-state index in [2.05, 4.69) is 5.09 Å². The molecule has 43 heavy (non-hydrogen) atoms. The second-order valence-electron chi connectivity index (χ2n) is 10.5. The second-order valence-corrected chi connectivity index (χ2v) is 12.2. The van der Waals surface area contributed by atoms with Crippen molar-refractivity contribution in [2.24, 2.45) is 5.92 Å². The fourth-order valence-corrected chi connectivity index (χ4v) is 5.71. The lowest BCUT2D eigenvalue weighted by Gasteiger charge is -2.31. The lowest BCUT2D eigenvalue weighted by Crippen LogP contribution is -2.48. The van der Waals surface area contributed by atoms with Crippen LogP contribution in [0.3, 0.4) is 0 Å². The van der Waals surface area contributed by atoms with Crippen molar-refractivity contribution in [1.29, 1.82) is 0 Å². The van der Waals surface area contributed by atoms with E-state index in [1.807, 2.05) is 0 Å². The van der Waals surface area contributed by atoms with Gasteiger partial charge in [0.1, 0.15) is 41.6 Å². The van der Waals surface area contributed by atoms with Gasteiger partial charge in [0.15, 0.2) is 5.78 Å². The van der Waals surface area contributed by atoms with Crippen LogP contribution in [0.2, 0.25) is 0 Å². The van der Waals surface area contributed by atoms with Crippen molar-refractivity contribution in [2.75, 3.05) is 13.2 Å². The van der Waals surface area contributed by atoms with Crippen LogP contribution < -0.4 is 20.9 Å². The van der Waals surface area contributed by atoms with E-state index in [-0.39, 0.29) is 30.1 Å². The normalized spacial score (nSPS) is 22.5. The summed E-state index contributed by atoms with van der Waals surface area (Å²) in [5.74, 6) is -0.491. The van der Waals surface area contributed by atoms with Crippen molar-refractivity contribution in [3.8, 4) is 5.75 Å². The molecule has 17 heteroatoms. The molecule has 1 aromatic heterocycles. The van der Waals surface area contributed by atoms with Crippen LogP contribution in [0.25, 0.3) is 0 Å². The number of aldehydes is 1. The van der Waals surface area contributed by atoms with E-state index in [4.69, 9.17) is 18.5 Å². The molecule has 0 aliphatic carbocycles. The molecule has 1 aliphatic heterocycles. The lowest BCUT2D eigenvalue weighted by atomic mass is 10.0. The smallest absolute Gasteiger partial charge is 0.413 e. The summed E-state index contributed by atoms with van der Waals surface area (Å²) in [4.78, 5) is 49.7. The van der Waals surface area contributed by atoms with Crippen LogP contribution in [0, 0.1) is 5.92 Å². The van der Waals surface area contributed by atoms with E-state index < -0.39 is 74.0 Å². The number of H-pyrrole nitrogens is 1. The summed E-state index contributed by atoms with van der Waals surface area (Å²) in [5, 5.41) is 13.0. The number of benzene rings is 1. The van der Waals surface area contributed by atoms with Gasteiger partial charge >= 0.3 is 19.6 Å². The number of aliphatic hydroxyl groups is 1. The van der Waals surface area contributed by atoms with E-state index in [0.29, 0.717) is 10.9 Å². The van der Waals surface area contributed by atoms with Crippen molar-refractivity contribution >= 4 is 19.8 Å². The summed E-state index contributed by atoms with van der Waals surface area (Å²) in [6.07, 6.45) is -9.83. The molecule has 0 spiro atoms. The fraction of sp³-hybridized carbons (Fsp3) is 0.538. The monoisotopic (exact) mass is 635 g/mol. The van der Waals surface area contributed by atoms with E-state index in [1.54, 1.807) is 37.0 Å². The second kappa shape index (κ2) is 13.7. The van der Waals surface area contributed by atoms with Crippen LogP contribution in [0.5, 0.6) is 5.75 Å². The number of aromatic amines is 1. The number of carbonyl (C=O) groups is 2. The molecule has 1 saturated heterocycles. The quantitative estimate of drug-likeness (QED) is 0.206. The number of alkyl halides is 3. The Balaban J connectivity index is 1.80. The first kappa shape index (κ1) is 34.4. The largest absolute Gasteiger partial charge is 0.459 e. The van der Waals surface area contributed by atoms with Crippen LogP contribution in [0.15, 0.2) is 46.1 Å². The lowest BCUT2D eigenvalue weighted by molar-refractivity contribution is -0.139. The number of nitrogens with zero attached hydrogens (tertiary/aromatic N) is 1. The van der Waals surface area contributed by atoms with Gasteiger partial charge in [-0.25, -0.2) is 9.36 Å². The summed E-state index contributed by atoms with van der Waals surface area (Å²) < 4.78 is 76.2. The summed E-state index contributed by atoms with van der Waals surface area (Å²) >= 11 is 0. The molecule has 2 heterocycles. The van der Waals surface area contributed by atoms with Gasteiger partial charge in [-0.15, -0.1) is 0 Å². The molecule has 1 aliphatic rings.